The van der Waals surface area contributed by atoms with Crippen molar-refractivity contribution in [1.29, 1.82) is 0 Å². The van der Waals surface area contributed by atoms with Gasteiger partial charge >= 0.3 is 12.1 Å². The first-order chi connectivity index (χ1) is 15.5. The molecule has 0 aliphatic heterocycles. The van der Waals surface area contributed by atoms with Gasteiger partial charge in [0, 0.05) is 11.1 Å². The molecule has 180 valence electrons. The first kappa shape index (κ1) is 26.7. The Balaban J connectivity index is 2.23. The van der Waals surface area contributed by atoms with Gasteiger partial charge in [-0.3, -0.25) is 4.79 Å². The number of aliphatic hydroxyl groups excluding tert-OH is 1. The van der Waals surface area contributed by atoms with E-state index in [-0.39, 0.29) is 13.0 Å². The number of aliphatic hydroxyl groups is 1. The first-order valence-corrected chi connectivity index (χ1v) is 11.5. The smallest absolute Gasteiger partial charge is 0.407 e. The van der Waals surface area contributed by atoms with E-state index in [0.717, 1.165) is 16.7 Å². The van der Waals surface area contributed by atoms with Gasteiger partial charge in [-0.15, -0.1) is 0 Å². The van der Waals surface area contributed by atoms with Crippen molar-refractivity contribution in [3.8, 4) is 11.1 Å². The third kappa shape index (κ3) is 8.37. The van der Waals surface area contributed by atoms with Gasteiger partial charge in [0.25, 0.3) is 0 Å². The lowest BCUT2D eigenvalue weighted by Gasteiger charge is -2.31. The van der Waals surface area contributed by atoms with Crippen LogP contribution in [0.5, 0.6) is 0 Å². The summed E-state index contributed by atoms with van der Waals surface area (Å²) in [7, 11) is 0. The van der Waals surface area contributed by atoms with Crippen LogP contribution in [0.1, 0.15) is 46.6 Å². The molecule has 33 heavy (non-hydrogen) atoms. The van der Waals surface area contributed by atoms with Crippen molar-refractivity contribution in [2.75, 3.05) is 13.2 Å². The average Bonchev–Trinajstić information content (AvgIpc) is 2.73. The Morgan fingerprint density at radius 1 is 1.06 bits per heavy atom. The van der Waals surface area contributed by atoms with Crippen LogP contribution in [0.4, 0.5) is 4.79 Å². The van der Waals surface area contributed by atoms with Gasteiger partial charge in [-0.2, -0.15) is 0 Å². The number of nitrogens with one attached hydrogen (secondary N) is 1. The summed E-state index contributed by atoms with van der Waals surface area (Å²) in [5.41, 5.74) is 1.17. The molecular formula is C26H34ClNO5. The molecule has 0 aliphatic rings. The Hall–Kier alpha value is -2.57. The van der Waals surface area contributed by atoms with Gasteiger partial charge in [-0.1, -0.05) is 48.0 Å². The lowest BCUT2D eigenvalue weighted by Crippen LogP contribution is -2.46. The highest BCUT2D eigenvalue weighted by atomic mass is 35.5. The number of carbonyl (C=O) groups excluding carboxylic acids is 2. The van der Waals surface area contributed by atoms with Gasteiger partial charge in [0.15, 0.2) is 0 Å². The number of halogens is 1. The van der Waals surface area contributed by atoms with Crippen LogP contribution in [0.25, 0.3) is 11.1 Å². The van der Waals surface area contributed by atoms with Gasteiger partial charge in [-0.05, 0) is 76.3 Å². The van der Waals surface area contributed by atoms with E-state index < -0.39 is 35.7 Å². The summed E-state index contributed by atoms with van der Waals surface area (Å²) in [4.78, 5) is 25.0. The Labute approximate surface area is 201 Å². The third-order valence-corrected chi connectivity index (χ3v) is 5.36. The highest BCUT2D eigenvalue weighted by Crippen LogP contribution is 2.28. The minimum atomic E-state index is -1.16. The number of carbonyl (C=O) groups is 2. The molecular weight excluding hydrogens is 442 g/mol. The maximum Gasteiger partial charge on any atom is 0.407 e. The van der Waals surface area contributed by atoms with Gasteiger partial charge in [0.05, 0.1) is 18.6 Å². The molecule has 0 unspecified atom stereocenters. The van der Waals surface area contributed by atoms with E-state index in [1.54, 1.807) is 34.6 Å². The molecule has 7 heteroatoms. The van der Waals surface area contributed by atoms with Gasteiger partial charge in [-0.25, -0.2) is 4.79 Å². The second kappa shape index (κ2) is 11.5. The normalized spacial score (nSPS) is 14.2. The minimum absolute atomic E-state index is 0.192. The van der Waals surface area contributed by atoms with Crippen molar-refractivity contribution in [3.63, 3.8) is 0 Å². The molecule has 0 bridgehead atoms. The summed E-state index contributed by atoms with van der Waals surface area (Å²) in [6.45, 7) is 8.52. The molecule has 2 atom stereocenters. The van der Waals surface area contributed by atoms with E-state index in [0.29, 0.717) is 11.4 Å². The predicted molar refractivity (Wildman–Crippen MR) is 130 cm³/mol. The van der Waals surface area contributed by atoms with Crippen molar-refractivity contribution in [2.24, 2.45) is 5.41 Å². The van der Waals surface area contributed by atoms with E-state index in [1.807, 2.05) is 48.5 Å². The standard InChI is InChI=1S/C26H34ClNO5/c1-6-32-23(30)26(5,17-29)16-22(28-24(31)33-25(2,3)4)14-18-10-12-19(13-11-18)20-8-7-9-21(27)15-20/h7-13,15,22,29H,6,14,16-17H2,1-5H3,(H,28,31)/t22-,26+/m1/s1. The molecule has 1 amide bonds. The minimum Gasteiger partial charge on any atom is -0.466 e. The van der Waals surface area contributed by atoms with E-state index >= 15 is 0 Å². The molecule has 2 N–H and O–H groups in total. The number of benzene rings is 2. The number of ether oxygens (including phenoxy) is 2. The maximum absolute atomic E-state index is 12.5. The maximum atomic E-state index is 12.5. The van der Waals surface area contributed by atoms with E-state index in [9.17, 15) is 14.7 Å². The molecule has 0 aromatic heterocycles. The summed E-state index contributed by atoms with van der Waals surface area (Å²) < 4.78 is 10.6. The fraction of sp³-hybridized carbons (Fsp3) is 0.462. The zero-order valence-electron chi connectivity index (χ0n) is 20.0. The molecule has 0 aliphatic carbocycles. The van der Waals surface area contributed by atoms with Crippen LogP contribution in [0.15, 0.2) is 48.5 Å². The molecule has 0 heterocycles. The van der Waals surface area contributed by atoms with Crippen molar-refractivity contribution >= 4 is 23.7 Å². The third-order valence-electron chi connectivity index (χ3n) is 5.13. The van der Waals surface area contributed by atoms with Crippen LogP contribution in [-0.2, 0) is 20.7 Å². The quantitative estimate of drug-likeness (QED) is 0.474. The molecule has 2 aromatic rings. The molecule has 0 radical (unpaired) electrons. The molecule has 2 rings (SSSR count). The lowest BCUT2D eigenvalue weighted by molar-refractivity contribution is -0.157. The Kier molecular flexibility index (Phi) is 9.32. The number of hydrogen-bond donors (Lipinski definition) is 2. The summed E-state index contributed by atoms with van der Waals surface area (Å²) >= 11 is 6.10. The average molecular weight is 476 g/mol. The number of rotatable bonds is 9. The van der Waals surface area contributed by atoms with Crippen LogP contribution in [0.3, 0.4) is 0 Å². The topological polar surface area (TPSA) is 84.9 Å². The molecule has 0 spiro atoms. The number of alkyl carbamates (subject to hydrolysis) is 1. The van der Waals surface area contributed by atoms with Crippen molar-refractivity contribution in [2.45, 2.75) is 59.1 Å². The zero-order valence-corrected chi connectivity index (χ0v) is 20.7. The predicted octanol–water partition coefficient (Wildman–Crippen LogP) is 5.39. The highest BCUT2D eigenvalue weighted by Gasteiger charge is 2.37. The van der Waals surface area contributed by atoms with Gasteiger partial charge in [0.1, 0.15) is 5.60 Å². The van der Waals surface area contributed by atoms with E-state index in [1.165, 1.54) is 0 Å². The Morgan fingerprint density at radius 2 is 1.73 bits per heavy atom. The van der Waals surface area contributed by atoms with Crippen LogP contribution in [0, 0.1) is 5.41 Å². The zero-order chi connectivity index (χ0) is 24.6. The second-order valence-electron chi connectivity index (χ2n) is 9.40. The largest absolute Gasteiger partial charge is 0.466 e. The van der Waals surface area contributed by atoms with Crippen LogP contribution < -0.4 is 5.32 Å². The summed E-state index contributed by atoms with van der Waals surface area (Å²) in [6, 6.07) is 15.1. The fourth-order valence-electron chi connectivity index (χ4n) is 3.50. The molecule has 0 saturated heterocycles. The molecule has 0 saturated carbocycles. The SMILES string of the molecule is CCOC(=O)[C@](C)(CO)C[C@@H](Cc1ccc(-c2cccc(Cl)c2)cc1)NC(=O)OC(C)(C)C. The van der Waals surface area contributed by atoms with Crippen molar-refractivity contribution in [1.82, 2.24) is 5.32 Å². The van der Waals surface area contributed by atoms with Crippen molar-refractivity contribution in [3.05, 3.63) is 59.1 Å². The number of esters is 1. The monoisotopic (exact) mass is 475 g/mol. The highest BCUT2D eigenvalue weighted by molar-refractivity contribution is 6.30. The van der Waals surface area contributed by atoms with Crippen LogP contribution in [-0.4, -0.2) is 42.0 Å². The summed E-state index contributed by atoms with van der Waals surface area (Å²) in [5, 5.41) is 13.5. The summed E-state index contributed by atoms with van der Waals surface area (Å²) in [5.74, 6) is -0.500. The number of hydrogen-bond acceptors (Lipinski definition) is 5. The Bertz CT molecular complexity index is 938. The Morgan fingerprint density at radius 3 is 2.27 bits per heavy atom. The molecule has 6 nitrogen and oxygen atoms in total. The summed E-state index contributed by atoms with van der Waals surface area (Å²) in [6.07, 6.45) is 0.0639. The molecule has 0 fully saturated rings. The van der Waals surface area contributed by atoms with Gasteiger partial charge < -0.3 is 19.9 Å². The fourth-order valence-corrected chi connectivity index (χ4v) is 3.69. The number of amides is 1. The van der Waals surface area contributed by atoms with Crippen LogP contribution >= 0.6 is 11.6 Å². The van der Waals surface area contributed by atoms with E-state index in [4.69, 9.17) is 21.1 Å². The first-order valence-electron chi connectivity index (χ1n) is 11.1. The second-order valence-corrected chi connectivity index (χ2v) is 9.83. The van der Waals surface area contributed by atoms with Crippen LogP contribution in [0.2, 0.25) is 5.02 Å². The molecule has 2 aromatic carbocycles. The van der Waals surface area contributed by atoms with Crippen molar-refractivity contribution < 1.29 is 24.2 Å². The van der Waals surface area contributed by atoms with Gasteiger partial charge in [0.2, 0.25) is 0 Å². The van der Waals surface area contributed by atoms with E-state index in [2.05, 4.69) is 5.32 Å². The lowest BCUT2D eigenvalue weighted by atomic mass is 9.82.